The van der Waals surface area contributed by atoms with Gasteiger partial charge in [-0.2, -0.15) is 5.10 Å². The summed E-state index contributed by atoms with van der Waals surface area (Å²) in [6, 6.07) is 14.6. The summed E-state index contributed by atoms with van der Waals surface area (Å²) < 4.78 is 7.78. The highest BCUT2D eigenvalue weighted by Crippen LogP contribution is 2.33. The van der Waals surface area contributed by atoms with Gasteiger partial charge in [0, 0.05) is 56.2 Å². The molecule has 1 saturated heterocycles. The minimum absolute atomic E-state index is 0.149. The predicted molar refractivity (Wildman–Crippen MR) is 101 cm³/mol. The maximum Gasteiger partial charge on any atom is 0.0896 e. The van der Waals surface area contributed by atoms with Crippen molar-refractivity contribution in [3.8, 4) is 11.3 Å². The number of ether oxygens (including phenoxy) is 1. The molecule has 134 valence electrons. The van der Waals surface area contributed by atoms with E-state index in [2.05, 4.69) is 45.9 Å². The van der Waals surface area contributed by atoms with Crippen molar-refractivity contribution >= 4 is 0 Å². The van der Waals surface area contributed by atoms with Crippen molar-refractivity contribution in [1.82, 2.24) is 20.1 Å². The van der Waals surface area contributed by atoms with Crippen LogP contribution in [-0.4, -0.2) is 27.9 Å². The van der Waals surface area contributed by atoms with Crippen LogP contribution in [0.25, 0.3) is 11.3 Å². The van der Waals surface area contributed by atoms with Crippen molar-refractivity contribution in [3.63, 3.8) is 0 Å². The Morgan fingerprint density at radius 1 is 1.23 bits per heavy atom. The van der Waals surface area contributed by atoms with Gasteiger partial charge < -0.3 is 10.1 Å². The number of nitrogens with one attached hydrogen (secondary N) is 1. The molecule has 1 fully saturated rings. The van der Waals surface area contributed by atoms with Crippen LogP contribution in [0.15, 0.2) is 61.1 Å². The Balaban J connectivity index is 1.36. The van der Waals surface area contributed by atoms with Crippen molar-refractivity contribution in [1.29, 1.82) is 0 Å². The fourth-order valence-corrected chi connectivity index (χ4v) is 3.57. The summed E-state index contributed by atoms with van der Waals surface area (Å²) in [4.78, 5) is 4.43. The number of hydrogen-bond donors (Lipinski definition) is 1. The first kappa shape index (κ1) is 16.9. The van der Waals surface area contributed by atoms with Crippen LogP contribution in [0, 0.1) is 5.92 Å². The highest BCUT2D eigenvalue weighted by atomic mass is 16.5. The van der Waals surface area contributed by atoms with E-state index in [-0.39, 0.29) is 6.10 Å². The van der Waals surface area contributed by atoms with Crippen LogP contribution in [0.4, 0.5) is 0 Å². The summed E-state index contributed by atoms with van der Waals surface area (Å²) in [7, 11) is 1.94. The molecule has 0 unspecified atom stereocenters. The lowest BCUT2D eigenvalue weighted by Gasteiger charge is -2.18. The zero-order chi connectivity index (χ0) is 17.8. The summed E-state index contributed by atoms with van der Waals surface area (Å²) in [6.45, 7) is 2.60. The molecule has 4 rings (SSSR count). The van der Waals surface area contributed by atoms with Gasteiger partial charge >= 0.3 is 0 Å². The van der Waals surface area contributed by atoms with E-state index in [0.717, 1.165) is 37.4 Å². The van der Waals surface area contributed by atoms with Gasteiger partial charge in [0.05, 0.1) is 18.0 Å². The van der Waals surface area contributed by atoms with Crippen LogP contribution in [-0.2, 0) is 18.3 Å². The molecule has 3 aromatic rings. The Morgan fingerprint density at radius 3 is 3.00 bits per heavy atom. The van der Waals surface area contributed by atoms with Crippen molar-refractivity contribution < 1.29 is 4.74 Å². The highest BCUT2D eigenvalue weighted by molar-refractivity contribution is 5.59. The predicted octanol–water partition coefficient (Wildman–Crippen LogP) is 3.35. The Hall–Kier alpha value is -2.50. The van der Waals surface area contributed by atoms with E-state index in [1.807, 2.05) is 42.3 Å². The molecule has 1 N–H and O–H groups in total. The van der Waals surface area contributed by atoms with E-state index in [9.17, 15) is 0 Å². The summed E-state index contributed by atoms with van der Waals surface area (Å²) in [5.74, 6) is 0.484. The first-order chi connectivity index (χ1) is 12.8. The number of hydrogen-bond acceptors (Lipinski definition) is 4. The van der Waals surface area contributed by atoms with Crippen LogP contribution >= 0.6 is 0 Å². The molecule has 2 atom stereocenters. The molecule has 3 heterocycles. The highest BCUT2D eigenvalue weighted by Gasteiger charge is 2.30. The fourth-order valence-electron chi connectivity index (χ4n) is 3.57. The molecule has 0 aliphatic carbocycles. The third-order valence-electron chi connectivity index (χ3n) is 4.89. The summed E-state index contributed by atoms with van der Waals surface area (Å²) in [6.07, 6.45) is 7.04. The first-order valence-corrected chi connectivity index (χ1v) is 9.11. The van der Waals surface area contributed by atoms with Gasteiger partial charge in [0.25, 0.3) is 0 Å². The smallest absolute Gasteiger partial charge is 0.0896 e. The monoisotopic (exact) mass is 348 g/mol. The van der Waals surface area contributed by atoms with Crippen LogP contribution in [0.5, 0.6) is 0 Å². The zero-order valence-corrected chi connectivity index (χ0v) is 15.0. The van der Waals surface area contributed by atoms with Gasteiger partial charge in [-0.3, -0.25) is 9.67 Å². The Labute approximate surface area is 154 Å². The molecular weight excluding hydrogens is 324 g/mol. The van der Waals surface area contributed by atoms with Gasteiger partial charge in [-0.25, -0.2) is 0 Å². The fraction of sp³-hybridized carbons (Fsp3) is 0.333. The van der Waals surface area contributed by atoms with E-state index < -0.39 is 0 Å². The average molecular weight is 348 g/mol. The molecule has 0 spiro atoms. The standard InChI is InChI=1S/C21H24N4O/c1-25-15-19(14-24-25)21-18(8-10-26-21)13-22-12-16-5-4-6-17(11-16)20-7-2-3-9-23-20/h2-7,9,11,14-15,18,21-22H,8,10,12-13H2,1H3/t18-,21+/m0/s1. The number of rotatable bonds is 6. The third-order valence-corrected chi connectivity index (χ3v) is 4.89. The molecule has 26 heavy (non-hydrogen) atoms. The number of benzene rings is 1. The van der Waals surface area contributed by atoms with Gasteiger partial charge in [0.2, 0.25) is 0 Å². The lowest BCUT2D eigenvalue weighted by atomic mass is 9.97. The second kappa shape index (κ2) is 7.81. The quantitative estimate of drug-likeness (QED) is 0.742. The van der Waals surface area contributed by atoms with Crippen molar-refractivity contribution in [2.24, 2.45) is 13.0 Å². The van der Waals surface area contributed by atoms with Crippen LogP contribution < -0.4 is 5.32 Å². The zero-order valence-electron chi connectivity index (χ0n) is 15.0. The molecule has 0 bridgehead atoms. The van der Waals surface area contributed by atoms with Gasteiger partial charge in [0.15, 0.2) is 0 Å². The molecule has 0 saturated carbocycles. The summed E-state index contributed by atoms with van der Waals surface area (Å²) >= 11 is 0. The van der Waals surface area contributed by atoms with Crippen molar-refractivity contribution in [2.75, 3.05) is 13.2 Å². The van der Waals surface area contributed by atoms with Gasteiger partial charge in [-0.15, -0.1) is 0 Å². The van der Waals surface area contributed by atoms with E-state index >= 15 is 0 Å². The number of aryl methyl sites for hydroxylation is 1. The van der Waals surface area contributed by atoms with Crippen molar-refractivity contribution in [2.45, 2.75) is 19.1 Å². The lowest BCUT2D eigenvalue weighted by Crippen LogP contribution is -2.24. The summed E-state index contributed by atoms with van der Waals surface area (Å²) in [5.41, 5.74) is 4.61. The van der Waals surface area contributed by atoms with Gasteiger partial charge in [0.1, 0.15) is 0 Å². The minimum Gasteiger partial charge on any atom is -0.373 e. The van der Waals surface area contributed by atoms with E-state index in [1.54, 1.807) is 0 Å². The Morgan fingerprint density at radius 2 is 2.19 bits per heavy atom. The minimum atomic E-state index is 0.149. The molecular formula is C21H24N4O. The number of aromatic nitrogens is 3. The van der Waals surface area contributed by atoms with E-state index in [1.165, 1.54) is 11.1 Å². The topological polar surface area (TPSA) is 52.0 Å². The number of nitrogens with zero attached hydrogens (tertiary/aromatic N) is 3. The van der Waals surface area contributed by atoms with Crippen molar-refractivity contribution in [3.05, 3.63) is 72.2 Å². The van der Waals surface area contributed by atoms with Gasteiger partial charge in [-0.05, 0) is 30.2 Å². The SMILES string of the molecule is Cn1cc([C@@H]2OCC[C@H]2CNCc2cccc(-c3ccccn3)c2)cn1. The average Bonchev–Trinajstić information content (AvgIpc) is 3.31. The molecule has 5 nitrogen and oxygen atoms in total. The maximum atomic E-state index is 5.94. The molecule has 5 heteroatoms. The molecule has 0 amide bonds. The Kier molecular flexibility index (Phi) is 5.09. The molecule has 0 radical (unpaired) electrons. The summed E-state index contributed by atoms with van der Waals surface area (Å²) in [5, 5.41) is 7.87. The van der Waals surface area contributed by atoms with Crippen LogP contribution in [0.2, 0.25) is 0 Å². The molecule has 1 aliphatic rings. The molecule has 1 aliphatic heterocycles. The molecule has 2 aromatic heterocycles. The lowest BCUT2D eigenvalue weighted by molar-refractivity contribution is 0.0904. The van der Waals surface area contributed by atoms with E-state index in [4.69, 9.17) is 4.74 Å². The van der Waals surface area contributed by atoms with Crippen LogP contribution in [0.3, 0.4) is 0 Å². The normalized spacial score (nSPS) is 19.7. The molecule has 1 aromatic carbocycles. The van der Waals surface area contributed by atoms with Gasteiger partial charge in [-0.1, -0.05) is 24.3 Å². The largest absolute Gasteiger partial charge is 0.373 e. The number of pyridine rings is 1. The third kappa shape index (κ3) is 3.84. The maximum absolute atomic E-state index is 5.94. The van der Waals surface area contributed by atoms with E-state index in [0.29, 0.717) is 5.92 Å². The Bertz CT molecular complexity index is 846. The second-order valence-corrected chi connectivity index (χ2v) is 6.83. The second-order valence-electron chi connectivity index (χ2n) is 6.83. The first-order valence-electron chi connectivity index (χ1n) is 9.11. The van der Waals surface area contributed by atoms with Crippen LogP contribution in [0.1, 0.15) is 23.7 Å².